The first-order chi connectivity index (χ1) is 11.4. The number of nitrogens with one attached hydrogen (secondary N) is 2. The molecule has 1 aliphatic heterocycles. The Labute approximate surface area is 139 Å². The minimum atomic E-state index is -0.833. The number of aliphatic carboxylic acids is 1. The van der Waals surface area contributed by atoms with Crippen molar-refractivity contribution in [1.82, 2.24) is 15.2 Å². The average Bonchev–Trinajstić information content (AvgIpc) is 3.14. The van der Waals surface area contributed by atoms with Crippen LogP contribution in [0.3, 0.4) is 0 Å². The quantitative estimate of drug-likeness (QED) is 0.749. The number of H-pyrrole nitrogens is 1. The van der Waals surface area contributed by atoms with Gasteiger partial charge < -0.3 is 15.0 Å². The summed E-state index contributed by atoms with van der Waals surface area (Å²) in [6.45, 7) is 2.29. The lowest BCUT2D eigenvalue weighted by Crippen LogP contribution is -2.41. The normalized spacial score (nSPS) is 15.9. The Morgan fingerprint density at radius 3 is 2.71 bits per heavy atom. The number of carboxylic acids is 1. The van der Waals surface area contributed by atoms with E-state index in [0.717, 1.165) is 30.1 Å². The Hall–Kier alpha value is -2.67. The van der Waals surface area contributed by atoms with Crippen molar-refractivity contribution in [3.8, 4) is 0 Å². The Morgan fingerprint density at radius 2 is 2.08 bits per heavy atom. The van der Waals surface area contributed by atoms with Crippen LogP contribution in [-0.2, 0) is 16.1 Å². The second kappa shape index (κ2) is 7.74. The molecule has 6 nitrogen and oxygen atoms in total. The maximum atomic E-state index is 13.1. The highest BCUT2D eigenvalue weighted by atomic mass is 19.1. The fourth-order valence-electron chi connectivity index (χ4n) is 2.46. The Kier molecular flexibility index (Phi) is 5.70. The maximum Gasteiger partial charge on any atom is 0.300 e. The molecule has 3 N–H and O–H groups in total. The molecular weight excluding hydrogens is 313 g/mol. The smallest absolute Gasteiger partial charge is 0.300 e. The number of carboxylic acid groups (broad SMARTS) is 1. The van der Waals surface area contributed by atoms with Crippen LogP contribution in [0.15, 0.2) is 36.4 Å². The van der Waals surface area contributed by atoms with Gasteiger partial charge in [-0.15, -0.1) is 0 Å². The fourth-order valence-corrected chi connectivity index (χ4v) is 2.46. The standard InChI is InChI=1S/C15H16FN3O.C2H4O2/c1-19(15(20)14-3-2-6-17-14)9-12-8-10-7-11(16)4-5-13(10)18-12;1-2(3)4/h2-5,7-8,14,17-18H,6,9H2,1H3;1H3,(H,3,4). The number of rotatable bonds is 3. The first-order valence-electron chi connectivity index (χ1n) is 7.48. The second-order valence-corrected chi connectivity index (χ2v) is 5.55. The van der Waals surface area contributed by atoms with Gasteiger partial charge in [-0.25, -0.2) is 4.39 Å². The van der Waals surface area contributed by atoms with Gasteiger partial charge in [0.15, 0.2) is 0 Å². The van der Waals surface area contributed by atoms with E-state index in [2.05, 4.69) is 10.3 Å². The molecule has 1 unspecified atom stereocenters. The molecule has 128 valence electrons. The number of fused-ring (bicyclic) bond motifs is 1. The highest BCUT2D eigenvalue weighted by Gasteiger charge is 2.21. The van der Waals surface area contributed by atoms with Crippen LogP contribution in [0.4, 0.5) is 4.39 Å². The third-order valence-electron chi connectivity index (χ3n) is 3.47. The first kappa shape index (κ1) is 17.7. The van der Waals surface area contributed by atoms with Gasteiger partial charge in [0.25, 0.3) is 5.97 Å². The number of hydrogen-bond donors (Lipinski definition) is 3. The van der Waals surface area contributed by atoms with Gasteiger partial charge in [0, 0.05) is 37.1 Å². The van der Waals surface area contributed by atoms with E-state index in [1.165, 1.54) is 12.1 Å². The fraction of sp³-hybridized carbons (Fsp3) is 0.294. The van der Waals surface area contributed by atoms with Gasteiger partial charge in [-0.2, -0.15) is 0 Å². The van der Waals surface area contributed by atoms with Crippen LogP contribution in [0.2, 0.25) is 0 Å². The van der Waals surface area contributed by atoms with Gasteiger partial charge in [0.2, 0.25) is 5.91 Å². The lowest BCUT2D eigenvalue weighted by molar-refractivity contribution is -0.134. The maximum absolute atomic E-state index is 13.1. The Bertz CT molecular complexity index is 766. The van der Waals surface area contributed by atoms with Gasteiger partial charge in [-0.05, 0) is 24.3 Å². The molecule has 0 saturated heterocycles. The summed E-state index contributed by atoms with van der Waals surface area (Å²) in [6.07, 6.45) is 3.82. The number of carbonyl (C=O) groups is 2. The molecule has 0 bridgehead atoms. The molecule has 0 aliphatic carbocycles. The Balaban J connectivity index is 0.000000471. The van der Waals surface area contributed by atoms with Crippen molar-refractivity contribution < 1.29 is 19.1 Å². The van der Waals surface area contributed by atoms with Crippen LogP contribution in [0, 0.1) is 5.82 Å². The summed E-state index contributed by atoms with van der Waals surface area (Å²) in [6, 6.07) is 6.25. The SMILES string of the molecule is CC(=O)O.CN(Cc1cc2cc(F)ccc2[nH]1)C(=O)C1C=CCN1. The predicted molar refractivity (Wildman–Crippen MR) is 89.0 cm³/mol. The molecule has 0 spiro atoms. The van der Waals surface area contributed by atoms with Crippen molar-refractivity contribution in [3.05, 3.63) is 47.9 Å². The molecule has 1 aromatic heterocycles. The predicted octanol–water partition coefficient (Wildman–Crippen LogP) is 1.88. The number of benzene rings is 1. The van der Waals surface area contributed by atoms with Gasteiger partial charge in [-0.3, -0.25) is 14.9 Å². The van der Waals surface area contributed by atoms with Crippen LogP contribution in [0.25, 0.3) is 10.9 Å². The number of halogens is 1. The zero-order valence-corrected chi connectivity index (χ0v) is 13.5. The number of hydrogen-bond acceptors (Lipinski definition) is 3. The number of nitrogens with zero attached hydrogens (tertiary/aromatic N) is 1. The van der Waals surface area contributed by atoms with Crippen LogP contribution >= 0.6 is 0 Å². The summed E-state index contributed by atoms with van der Waals surface area (Å²) in [5.74, 6) is -1.06. The van der Waals surface area contributed by atoms with Crippen molar-refractivity contribution in [2.45, 2.75) is 19.5 Å². The molecule has 2 heterocycles. The summed E-state index contributed by atoms with van der Waals surface area (Å²) < 4.78 is 13.1. The molecule has 24 heavy (non-hydrogen) atoms. The number of carbonyl (C=O) groups excluding carboxylic acids is 1. The summed E-state index contributed by atoms with van der Waals surface area (Å²) in [5, 5.41) is 11.3. The molecule has 0 fully saturated rings. The van der Waals surface area contributed by atoms with Crippen LogP contribution in [0.1, 0.15) is 12.6 Å². The van der Waals surface area contributed by atoms with Crippen LogP contribution in [0.5, 0.6) is 0 Å². The third-order valence-corrected chi connectivity index (χ3v) is 3.47. The number of likely N-dealkylation sites (N-methyl/N-ethyl adjacent to an activating group) is 1. The lowest BCUT2D eigenvalue weighted by atomic mass is 10.2. The number of amides is 1. The highest BCUT2D eigenvalue weighted by Crippen LogP contribution is 2.17. The first-order valence-corrected chi connectivity index (χ1v) is 7.48. The lowest BCUT2D eigenvalue weighted by Gasteiger charge is -2.19. The van der Waals surface area contributed by atoms with Gasteiger partial charge in [0.1, 0.15) is 11.9 Å². The van der Waals surface area contributed by atoms with Crippen molar-refractivity contribution in [1.29, 1.82) is 0 Å². The van der Waals surface area contributed by atoms with E-state index in [-0.39, 0.29) is 17.8 Å². The zero-order valence-electron chi connectivity index (χ0n) is 13.5. The molecule has 1 aromatic carbocycles. The monoisotopic (exact) mass is 333 g/mol. The minimum absolute atomic E-state index is 0.0311. The van der Waals surface area contributed by atoms with Crippen molar-refractivity contribution >= 4 is 22.8 Å². The van der Waals surface area contributed by atoms with Crippen LogP contribution < -0.4 is 5.32 Å². The molecular formula is C17H20FN3O3. The van der Waals surface area contributed by atoms with E-state index < -0.39 is 5.97 Å². The average molecular weight is 333 g/mol. The van der Waals surface area contributed by atoms with Crippen molar-refractivity contribution in [3.63, 3.8) is 0 Å². The van der Waals surface area contributed by atoms with Crippen molar-refractivity contribution in [2.75, 3.05) is 13.6 Å². The van der Waals surface area contributed by atoms with Crippen LogP contribution in [-0.4, -0.2) is 46.5 Å². The molecule has 0 radical (unpaired) electrons. The molecule has 7 heteroatoms. The second-order valence-electron chi connectivity index (χ2n) is 5.55. The molecule has 3 rings (SSSR count). The third kappa shape index (κ3) is 4.66. The Morgan fingerprint density at radius 1 is 1.38 bits per heavy atom. The molecule has 1 amide bonds. The summed E-state index contributed by atoms with van der Waals surface area (Å²) in [4.78, 5) is 26.0. The molecule has 0 saturated carbocycles. The minimum Gasteiger partial charge on any atom is -0.481 e. The van der Waals surface area contributed by atoms with Gasteiger partial charge in [0.05, 0.1) is 6.54 Å². The number of aromatic nitrogens is 1. The largest absolute Gasteiger partial charge is 0.481 e. The zero-order chi connectivity index (χ0) is 17.7. The van der Waals surface area contributed by atoms with E-state index in [1.807, 2.05) is 18.2 Å². The molecule has 1 atom stereocenters. The van der Waals surface area contributed by atoms with Crippen molar-refractivity contribution in [2.24, 2.45) is 0 Å². The van der Waals surface area contributed by atoms with E-state index >= 15 is 0 Å². The summed E-state index contributed by atoms with van der Waals surface area (Å²) in [5.41, 5.74) is 1.77. The van der Waals surface area contributed by atoms with E-state index in [9.17, 15) is 9.18 Å². The molecule has 1 aliphatic rings. The highest BCUT2D eigenvalue weighted by molar-refractivity contribution is 5.84. The number of aromatic amines is 1. The molecule has 2 aromatic rings. The summed E-state index contributed by atoms with van der Waals surface area (Å²) in [7, 11) is 1.77. The van der Waals surface area contributed by atoms with E-state index in [4.69, 9.17) is 9.90 Å². The van der Waals surface area contributed by atoms with E-state index in [0.29, 0.717) is 6.54 Å². The summed E-state index contributed by atoms with van der Waals surface area (Å²) >= 11 is 0. The van der Waals surface area contributed by atoms with E-state index in [1.54, 1.807) is 18.0 Å². The van der Waals surface area contributed by atoms with Gasteiger partial charge in [-0.1, -0.05) is 12.2 Å². The van der Waals surface area contributed by atoms with Gasteiger partial charge >= 0.3 is 0 Å². The topological polar surface area (TPSA) is 85.4 Å².